The van der Waals surface area contributed by atoms with Gasteiger partial charge in [0.1, 0.15) is 6.33 Å². The maximum absolute atomic E-state index is 5.31. The number of nitrogen functional groups attached to an aromatic ring is 1. The number of hydrogen-bond donors (Lipinski definition) is 2. The van der Waals surface area contributed by atoms with E-state index < -0.39 is 0 Å². The van der Waals surface area contributed by atoms with Gasteiger partial charge >= 0.3 is 0 Å². The van der Waals surface area contributed by atoms with Crippen molar-refractivity contribution in [1.29, 1.82) is 0 Å². The third kappa shape index (κ3) is 0.775. The SMILES string of the molecule is NNc1nncn2c1cc1occc12. The quantitative estimate of drug-likeness (QED) is 0.436. The molecule has 0 saturated carbocycles. The van der Waals surface area contributed by atoms with Gasteiger partial charge in [-0.25, -0.2) is 5.84 Å². The summed E-state index contributed by atoms with van der Waals surface area (Å²) in [5, 5.41) is 7.67. The highest BCUT2D eigenvalue weighted by Gasteiger charge is 2.08. The second-order valence-electron chi connectivity index (χ2n) is 2.89. The highest BCUT2D eigenvalue weighted by molar-refractivity contribution is 5.86. The third-order valence-corrected chi connectivity index (χ3v) is 2.16. The summed E-state index contributed by atoms with van der Waals surface area (Å²) in [5.41, 5.74) is 5.07. The first kappa shape index (κ1) is 7.34. The number of hydrogen-bond acceptors (Lipinski definition) is 5. The van der Waals surface area contributed by atoms with Gasteiger partial charge in [0.2, 0.25) is 0 Å². The number of aromatic nitrogens is 3. The van der Waals surface area contributed by atoms with Gasteiger partial charge in [-0.3, -0.25) is 4.40 Å². The highest BCUT2D eigenvalue weighted by Crippen LogP contribution is 2.23. The molecule has 0 aromatic carbocycles. The zero-order valence-corrected chi connectivity index (χ0v) is 7.14. The molecule has 0 atom stereocenters. The lowest BCUT2D eigenvalue weighted by Gasteiger charge is -1.99. The molecule has 6 heteroatoms. The van der Waals surface area contributed by atoms with Crippen molar-refractivity contribution < 1.29 is 4.42 Å². The van der Waals surface area contributed by atoms with Crippen LogP contribution in [-0.2, 0) is 0 Å². The molecule has 6 nitrogen and oxygen atoms in total. The molecule has 3 aromatic heterocycles. The Kier molecular flexibility index (Phi) is 1.29. The Morgan fingerprint density at radius 3 is 3.21 bits per heavy atom. The minimum atomic E-state index is 0.527. The van der Waals surface area contributed by atoms with Crippen LogP contribution in [-0.4, -0.2) is 14.6 Å². The van der Waals surface area contributed by atoms with Crippen molar-refractivity contribution in [2.45, 2.75) is 0 Å². The minimum absolute atomic E-state index is 0.527. The Labute approximate surface area is 78.3 Å². The lowest BCUT2D eigenvalue weighted by atomic mass is 10.5. The summed E-state index contributed by atoms with van der Waals surface area (Å²) in [5.74, 6) is 5.84. The van der Waals surface area contributed by atoms with Gasteiger partial charge in [-0.05, 0) is 0 Å². The summed E-state index contributed by atoms with van der Waals surface area (Å²) in [6, 6.07) is 3.73. The van der Waals surface area contributed by atoms with E-state index in [0.29, 0.717) is 5.82 Å². The van der Waals surface area contributed by atoms with Gasteiger partial charge < -0.3 is 9.84 Å². The van der Waals surface area contributed by atoms with E-state index in [1.54, 1.807) is 12.6 Å². The van der Waals surface area contributed by atoms with E-state index in [-0.39, 0.29) is 0 Å². The predicted octanol–water partition coefficient (Wildman–Crippen LogP) is 0.761. The molecule has 3 heterocycles. The van der Waals surface area contributed by atoms with Crippen molar-refractivity contribution in [3.05, 3.63) is 24.7 Å². The molecule has 0 spiro atoms. The summed E-state index contributed by atoms with van der Waals surface area (Å²) in [7, 11) is 0. The van der Waals surface area contributed by atoms with Crippen molar-refractivity contribution in [1.82, 2.24) is 14.6 Å². The van der Waals surface area contributed by atoms with Crippen molar-refractivity contribution in [2.75, 3.05) is 5.43 Å². The van der Waals surface area contributed by atoms with Crippen LogP contribution in [0.4, 0.5) is 5.82 Å². The standard InChI is InChI=1S/C8H7N5O/c9-11-8-6-3-7-5(1-2-14-7)13(6)4-10-12-8/h1-4H,9H2,(H,11,12). The first-order chi connectivity index (χ1) is 6.90. The van der Waals surface area contributed by atoms with Gasteiger partial charge in [-0.2, -0.15) is 0 Å². The fraction of sp³-hybridized carbons (Fsp3) is 0. The summed E-state index contributed by atoms with van der Waals surface area (Å²) in [6.07, 6.45) is 3.25. The van der Waals surface area contributed by atoms with Crippen LogP contribution in [0.15, 0.2) is 29.1 Å². The van der Waals surface area contributed by atoms with Crippen LogP contribution in [0.1, 0.15) is 0 Å². The molecule has 0 aliphatic heterocycles. The van der Waals surface area contributed by atoms with Gasteiger partial charge in [-0.1, -0.05) is 0 Å². The van der Waals surface area contributed by atoms with Crippen LogP contribution in [0.5, 0.6) is 0 Å². The molecule has 14 heavy (non-hydrogen) atoms. The number of hydrazine groups is 1. The molecule has 0 radical (unpaired) electrons. The lowest BCUT2D eigenvalue weighted by Crippen LogP contribution is -2.10. The zero-order chi connectivity index (χ0) is 9.54. The van der Waals surface area contributed by atoms with Crippen LogP contribution in [0.3, 0.4) is 0 Å². The van der Waals surface area contributed by atoms with Gasteiger partial charge in [0.25, 0.3) is 0 Å². The van der Waals surface area contributed by atoms with E-state index in [9.17, 15) is 0 Å². The molecular formula is C8H7N5O. The molecule has 0 amide bonds. The van der Waals surface area contributed by atoms with Crippen LogP contribution in [0.25, 0.3) is 16.6 Å². The third-order valence-electron chi connectivity index (χ3n) is 2.16. The van der Waals surface area contributed by atoms with E-state index in [1.807, 2.05) is 16.5 Å². The van der Waals surface area contributed by atoms with Gasteiger partial charge in [0.15, 0.2) is 11.4 Å². The first-order valence-electron chi connectivity index (χ1n) is 4.07. The minimum Gasteiger partial charge on any atom is -0.463 e. The summed E-state index contributed by atoms with van der Waals surface area (Å²) >= 11 is 0. The van der Waals surface area contributed by atoms with Crippen molar-refractivity contribution in [3.63, 3.8) is 0 Å². The monoisotopic (exact) mass is 189 g/mol. The van der Waals surface area contributed by atoms with Gasteiger partial charge in [0, 0.05) is 12.1 Å². The van der Waals surface area contributed by atoms with E-state index in [4.69, 9.17) is 10.3 Å². The maximum Gasteiger partial charge on any atom is 0.187 e. The second kappa shape index (κ2) is 2.46. The molecule has 0 saturated heterocycles. The van der Waals surface area contributed by atoms with Crippen molar-refractivity contribution in [2.24, 2.45) is 5.84 Å². The largest absolute Gasteiger partial charge is 0.463 e. The van der Waals surface area contributed by atoms with Crippen LogP contribution >= 0.6 is 0 Å². The molecule has 0 fully saturated rings. The number of anilines is 1. The van der Waals surface area contributed by atoms with Gasteiger partial charge in [-0.15, -0.1) is 10.2 Å². The Bertz CT molecular complexity index is 596. The topological polar surface area (TPSA) is 81.4 Å². The normalized spacial score (nSPS) is 11.2. The summed E-state index contributed by atoms with van der Waals surface area (Å²) < 4.78 is 7.12. The number of nitrogens with zero attached hydrogens (tertiary/aromatic N) is 3. The second-order valence-corrected chi connectivity index (χ2v) is 2.89. The maximum atomic E-state index is 5.31. The van der Waals surface area contributed by atoms with E-state index >= 15 is 0 Å². The molecular weight excluding hydrogens is 182 g/mol. The van der Waals surface area contributed by atoms with E-state index in [2.05, 4.69) is 15.6 Å². The number of rotatable bonds is 1. The number of nitrogens with two attached hydrogens (primary N) is 1. The summed E-state index contributed by atoms with van der Waals surface area (Å²) in [6.45, 7) is 0. The lowest BCUT2D eigenvalue weighted by molar-refractivity contribution is 0.616. The number of nitrogens with one attached hydrogen (secondary N) is 1. The molecule has 0 aliphatic rings. The first-order valence-corrected chi connectivity index (χ1v) is 4.07. The van der Waals surface area contributed by atoms with Crippen LogP contribution < -0.4 is 11.3 Å². The predicted molar refractivity (Wildman–Crippen MR) is 50.6 cm³/mol. The molecule has 0 aliphatic carbocycles. The Hall–Kier alpha value is -2.08. The van der Waals surface area contributed by atoms with Crippen molar-refractivity contribution in [3.8, 4) is 0 Å². The Morgan fingerprint density at radius 1 is 1.43 bits per heavy atom. The molecule has 3 N–H and O–H groups in total. The highest BCUT2D eigenvalue weighted by atomic mass is 16.3. The number of fused-ring (bicyclic) bond motifs is 3. The van der Waals surface area contributed by atoms with Crippen LogP contribution in [0.2, 0.25) is 0 Å². The van der Waals surface area contributed by atoms with Crippen molar-refractivity contribution >= 4 is 22.4 Å². The van der Waals surface area contributed by atoms with E-state index in [0.717, 1.165) is 16.6 Å². The average Bonchev–Trinajstić information content (AvgIpc) is 2.76. The average molecular weight is 189 g/mol. The van der Waals surface area contributed by atoms with Gasteiger partial charge in [0.05, 0.1) is 17.3 Å². The smallest absolute Gasteiger partial charge is 0.187 e. The van der Waals surface area contributed by atoms with Crippen LogP contribution in [0, 0.1) is 0 Å². The molecule has 0 bridgehead atoms. The Morgan fingerprint density at radius 2 is 2.36 bits per heavy atom. The van der Waals surface area contributed by atoms with E-state index in [1.165, 1.54) is 0 Å². The molecule has 0 unspecified atom stereocenters. The summed E-state index contributed by atoms with van der Waals surface area (Å²) in [4.78, 5) is 0. The fourth-order valence-electron chi connectivity index (χ4n) is 1.54. The molecule has 3 aromatic rings. The zero-order valence-electron chi connectivity index (χ0n) is 7.14. The fourth-order valence-corrected chi connectivity index (χ4v) is 1.54. The number of furan rings is 1. The molecule has 70 valence electrons. The molecule has 3 rings (SSSR count). The Balaban J connectivity index is 2.54.